The highest BCUT2D eigenvalue weighted by Crippen LogP contribution is 2.30. The number of benzene rings is 1. The van der Waals surface area contributed by atoms with Gasteiger partial charge in [0.05, 0.1) is 12.0 Å². The molecule has 0 aliphatic heterocycles. The SMILES string of the molecule is N#Cc1ccc(CC(=O)O)c(C(F)F)c1I. The maximum atomic E-state index is 12.7. The van der Waals surface area contributed by atoms with E-state index in [1.165, 1.54) is 12.1 Å². The Labute approximate surface area is 104 Å². The molecule has 0 aromatic heterocycles. The number of halogens is 3. The van der Waals surface area contributed by atoms with Crippen LogP contribution >= 0.6 is 22.6 Å². The minimum absolute atomic E-state index is 0.0471. The molecule has 0 spiro atoms. The van der Waals surface area contributed by atoms with Crippen molar-refractivity contribution in [3.63, 3.8) is 0 Å². The molecule has 0 aliphatic rings. The van der Waals surface area contributed by atoms with Gasteiger partial charge in [-0.15, -0.1) is 0 Å². The fourth-order valence-electron chi connectivity index (χ4n) is 1.27. The number of hydrogen-bond acceptors (Lipinski definition) is 2. The molecule has 0 aliphatic carbocycles. The first-order chi connectivity index (χ1) is 7.47. The summed E-state index contributed by atoms with van der Waals surface area (Å²) in [7, 11) is 0. The van der Waals surface area contributed by atoms with Crippen LogP contribution in [0.4, 0.5) is 8.78 Å². The number of carboxylic acid groups (broad SMARTS) is 1. The summed E-state index contributed by atoms with van der Waals surface area (Å²) in [5.74, 6) is -1.18. The Balaban J connectivity index is 3.35. The number of aliphatic carboxylic acids is 1. The van der Waals surface area contributed by atoms with Crippen LogP contribution in [0.3, 0.4) is 0 Å². The Kier molecular flexibility index (Phi) is 4.18. The molecule has 16 heavy (non-hydrogen) atoms. The highest BCUT2D eigenvalue weighted by atomic mass is 127. The van der Waals surface area contributed by atoms with Gasteiger partial charge in [-0.1, -0.05) is 6.07 Å². The molecule has 0 bridgehead atoms. The van der Waals surface area contributed by atoms with Crippen LogP contribution < -0.4 is 0 Å². The number of carboxylic acids is 1. The van der Waals surface area contributed by atoms with Gasteiger partial charge in [0.25, 0.3) is 6.43 Å². The zero-order chi connectivity index (χ0) is 12.3. The fraction of sp³-hybridized carbons (Fsp3) is 0.200. The second-order valence-corrected chi connectivity index (χ2v) is 4.06. The van der Waals surface area contributed by atoms with Gasteiger partial charge in [0.2, 0.25) is 0 Å². The molecule has 6 heteroatoms. The van der Waals surface area contributed by atoms with Crippen molar-refractivity contribution in [2.75, 3.05) is 0 Å². The van der Waals surface area contributed by atoms with Gasteiger partial charge in [-0.2, -0.15) is 5.26 Å². The van der Waals surface area contributed by atoms with E-state index in [1.807, 2.05) is 0 Å². The van der Waals surface area contributed by atoms with Gasteiger partial charge < -0.3 is 5.11 Å². The summed E-state index contributed by atoms with van der Waals surface area (Å²) >= 11 is 1.63. The van der Waals surface area contributed by atoms with Crippen molar-refractivity contribution < 1.29 is 18.7 Å². The summed E-state index contributed by atoms with van der Waals surface area (Å²) < 4.78 is 25.6. The molecule has 0 saturated carbocycles. The van der Waals surface area contributed by atoms with E-state index < -0.39 is 18.8 Å². The molecule has 1 aromatic carbocycles. The zero-order valence-electron chi connectivity index (χ0n) is 7.88. The number of hydrogen-bond donors (Lipinski definition) is 1. The van der Waals surface area contributed by atoms with Gasteiger partial charge in [0.1, 0.15) is 6.07 Å². The van der Waals surface area contributed by atoms with Crippen molar-refractivity contribution in [3.05, 3.63) is 32.4 Å². The second-order valence-electron chi connectivity index (χ2n) is 2.98. The van der Waals surface area contributed by atoms with Crippen LogP contribution in [0.25, 0.3) is 0 Å². The molecule has 0 fully saturated rings. The summed E-state index contributed by atoms with van der Waals surface area (Å²) in [4.78, 5) is 10.5. The lowest BCUT2D eigenvalue weighted by molar-refractivity contribution is -0.136. The summed E-state index contributed by atoms with van der Waals surface area (Å²) in [6.45, 7) is 0. The lowest BCUT2D eigenvalue weighted by Crippen LogP contribution is -2.06. The molecule has 0 amide bonds. The lowest BCUT2D eigenvalue weighted by Gasteiger charge is -2.10. The molecule has 0 radical (unpaired) electrons. The Morgan fingerprint density at radius 2 is 2.19 bits per heavy atom. The Morgan fingerprint density at radius 1 is 1.56 bits per heavy atom. The minimum atomic E-state index is -2.78. The average Bonchev–Trinajstić information content (AvgIpc) is 2.16. The summed E-state index contributed by atoms with van der Waals surface area (Å²) in [5, 5.41) is 17.3. The largest absolute Gasteiger partial charge is 0.481 e. The van der Waals surface area contributed by atoms with Gasteiger partial charge in [0.15, 0.2) is 0 Å². The standard InChI is InChI=1S/C10H6F2INO2/c11-10(12)8-5(3-7(15)16)1-2-6(4-14)9(8)13/h1-2,10H,3H2,(H,15,16). The monoisotopic (exact) mass is 337 g/mol. The first kappa shape index (κ1) is 12.8. The maximum Gasteiger partial charge on any atom is 0.307 e. The quantitative estimate of drug-likeness (QED) is 0.863. The third-order valence-electron chi connectivity index (χ3n) is 1.95. The number of carbonyl (C=O) groups is 1. The van der Waals surface area contributed by atoms with E-state index in [9.17, 15) is 13.6 Å². The van der Waals surface area contributed by atoms with Gasteiger partial charge in [-0.3, -0.25) is 4.79 Å². The first-order valence-corrected chi connectivity index (χ1v) is 5.26. The van der Waals surface area contributed by atoms with Crippen LogP contribution in [0.1, 0.15) is 23.1 Å². The van der Waals surface area contributed by atoms with Gasteiger partial charge in [-0.25, -0.2) is 8.78 Å². The molecule has 1 rings (SSSR count). The maximum absolute atomic E-state index is 12.7. The summed E-state index contributed by atoms with van der Waals surface area (Å²) in [6, 6.07) is 4.40. The van der Waals surface area contributed by atoms with E-state index in [1.54, 1.807) is 28.7 Å². The predicted octanol–water partition coefficient (Wildman–Crippen LogP) is 2.73. The molecule has 3 nitrogen and oxygen atoms in total. The molecule has 1 N–H and O–H groups in total. The topological polar surface area (TPSA) is 61.1 Å². The number of rotatable bonds is 3. The van der Waals surface area contributed by atoms with Crippen LogP contribution in [0.2, 0.25) is 0 Å². The van der Waals surface area contributed by atoms with E-state index in [2.05, 4.69) is 0 Å². The van der Waals surface area contributed by atoms with E-state index in [0.29, 0.717) is 0 Å². The van der Waals surface area contributed by atoms with E-state index in [-0.39, 0.29) is 20.3 Å². The van der Waals surface area contributed by atoms with Gasteiger partial charge >= 0.3 is 5.97 Å². The lowest BCUT2D eigenvalue weighted by atomic mass is 10.0. The average molecular weight is 337 g/mol. The minimum Gasteiger partial charge on any atom is -0.481 e. The molecule has 0 saturated heterocycles. The molecule has 1 aromatic rings. The Morgan fingerprint density at radius 3 is 2.62 bits per heavy atom. The Bertz CT molecular complexity index is 469. The molecule has 0 unspecified atom stereocenters. The van der Waals surface area contributed by atoms with Gasteiger partial charge in [-0.05, 0) is 34.2 Å². The fourth-order valence-corrected chi connectivity index (χ4v) is 2.15. The van der Waals surface area contributed by atoms with Crippen molar-refractivity contribution in [2.45, 2.75) is 12.8 Å². The third-order valence-corrected chi connectivity index (χ3v) is 3.11. The molecule has 84 valence electrons. The van der Waals surface area contributed by atoms with Gasteiger partial charge in [0, 0.05) is 9.13 Å². The summed E-state index contributed by atoms with van der Waals surface area (Å²) in [6.07, 6.45) is -3.25. The number of nitriles is 1. The molecular formula is C10H6F2INO2. The van der Waals surface area contributed by atoms with Crippen molar-refractivity contribution in [3.8, 4) is 6.07 Å². The molecular weight excluding hydrogens is 331 g/mol. The predicted molar refractivity (Wildman–Crippen MR) is 60.2 cm³/mol. The molecule has 0 atom stereocenters. The third kappa shape index (κ3) is 2.66. The summed E-state index contributed by atoms with van der Waals surface area (Å²) in [5.41, 5.74) is -0.182. The smallest absolute Gasteiger partial charge is 0.307 e. The van der Waals surface area contributed by atoms with Crippen molar-refractivity contribution in [1.29, 1.82) is 5.26 Å². The number of nitrogens with zero attached hydrogens (tertiary/aromatic N) is 1. The Hall–Kier alpha value is -1.23. The second kappa shape index (κ2) is 5.21. The van der Waals surface area contributed by atoms with Crippen LogP contribution in [-0.2, 0) is 11.2 Å². The van der Waals surface area contributed by atoms with Crippen LogP contribution in [0, 0.1) is 14.9 Å². The molecule has 0 heterocycles. The first-order valence-electron chi connectivity index (χ1n) is 4.18. The van der Waals surface area contributed by atoms with Crippen LogP contribution in [-0.4, -0.2) is 11.1 Å². The zero-order valence-corrected chi connectivity index (χ0v) is 10.0. The van der Waals surface area contributed by atoms with Crippen molar-refractivity contribution in [1.82, 2.24) is 0 Å². The van der Waals surface area contributed by atoms with Crippen LogP contribution in [0.5, 0.6) is 0 Å². The highest BCUT2D eigenvalue weighted by Gasteiger charge is 2.20. The van der Waals surface area contributed by atoms with Crippen LogP contribution in [0.15, 0.2) is 12.1 Å². The van der Waals surface area contributed by atoms with E-state index in [0.717, 1.165) is 0 Å². The number of alkyl halides is 2. The van der Waals surface area contributed by atoms with E-state index in [4.69, 9.17) is 10.4 Å². The van der Waals surface area contributed by atoms with E-state index >= 15 is 0 Å². The van der Waals surface area contributed by atoms with Crippen molar-refractivity contribution in [2.24, 2.45) is 0 Å². The normalized spacial score (nSPS) is 10.2. The van der Waals surface area contributed by atoms with Crippen molar-refractivity contribution >= 4 is 28.6 Å². The highest BCUT2D eigenvalue weighted by molar-refractivity contribution is 14.1.